The van der Waals surface area contributed by atoms with Gasteiger partial charge in [0.05, 0.1) is 24.4 Å². The molecule has 0 amide bonds. The maximum Gasteiger partial charge on any atom is 0.303 e. The summed E-state index contributed by atoms with van der Waals surface area (Å²) in [4.78, 5) is 10.9. The van der Waals surface area contributed by atoms with E-state index in [4.69, 9.17) is 5.11 Å². The fourth-order valence-electron chi connectivity index (χ4n) is 4.05. The minimum atomic E-state index is -1.02. The van der Waals surface area contributed by atoms with Gasteiger partial charge in [-0.15, -0.1) is 0 Å². The lowest BCUT2D eigenvalue weighted by Gasteiger charge is -2.23. The maximum absolute atomic E-state index is 10.9. The van der Waals surface area contributed by atoms with Crippen LogP contribution in [-0.2, 0) is 4.79 Å². The monoisotopic (exact) mass is 312 g/mol. The molecule has 22 heavy (non-hydrogen) atoms. The van der Waals surface area contributed by atoms with E-state index in [9.17, 15) is 20.1 Å². The highest BCUT2D eigenvalue weighted by Crippen LogP contribution is 2.39. The van der Waals surface area contributed by atoms with E-state index in [1.807, 2.05) is 0 Å². The first kappa shape index (κ1) is 17.3. The van der Waals surface area contributed by atoms with Crippen LogP contribution in [0.25, 0.3) is 0 Å². The van der Waals surface area contributed by atoms with Gasteiger partial charge >= 0.3 is 5.97 Å². The van der Waals surface area contributed by atoms with Crippen LogP contribution in [0.4, 0.5) is 0 Å². The number of allylic oxidation sites excluding steroid dienone is 1. The molecular formula is C17H28O5. The molecule has 0 radical (unpaired) electrons. The van der Waals surface area contributed by atoms with Crippen LogP contribution in [0.2, 0.25) is 0 Å². The summed E-state index contributed by atoms with van der Waals surface area (Å²) in [7, 11) is 0. The number of hydrogen-bond acceptors (Lipinski definition) is 4. The van der Waals surface area contributed by atoms with Crippen molar-refractivity contribution in [3.05, 3.63) is 11.8 Å². The summed E-state index contributed by atoms with van der Waals surface area (Å²) >= 11 is 0. The van der Waals surface area contributed by atoms with Gasteiger partial charge in [0.1, 0.15) is 0 Å². The molecule has 4 N–H and O–H groups in total. The third kappa shape index (κ3) is 4.46. The Balaban J connectivity index is 1.91. The summed E-state index contributed by atoms with van der Waals surface area (Å²) in [6, 6.07) is 0. The van der Waals surface area contributed by atoms with Gasteiger partial charge in [0, 0.05) is 18.3 Å². The molecule has 2 fully saturated rings. The zero-order valence-electron chi connectivity index (χ0n) is 13.0. The average Bonchev–Trinajstić information content (AvgIpc) is 2.73. The minimum Gasteiger partial charge on any atom is -0.512 e. The summed E-state index contributed by atoms with van der Waals surface area (Å²) in [5.74, 6) is -1.52. The Morgan fingerprint density at radius 2 is 1.73 bits per heavy atom. The van der Waals surface area contributed by atoms with Crippen LogP contribution < -0.4 is 0 Å². The maximum atomic E-state index is 10.9. The van der Waals surface area contributed by atoms with Gasteiger partial charge in [0.15, 0.2) is 0 Å². The Morgan fingerprint density at radius 3 is 2.36 bits per heavy atom. The van der Waals surface area contributed by atoms with Gasteiger partial charge in [-0.2, -0.15) is 0 Å². The molecule has 4 atom stereocenters. The van der Waals surface area contributed by atoms with Crippen molar-refractivity contribution in [3.63, 3.8) is 0 Å². The van der Waals surface area contributed by atoms with Crippen LogP contribution in [0.1, 0.15) is 57.8 Å². The predicted molar refractivity (Wildman–Crippen MR) is 82.4 cm³/mol. The molecule has 2 rings (SSSR count). The third-order valence-electron chi connectivity index (χ3n) is 5.26. The summed E-state index contributed by atoms with van der Waals surface area (Å²) in [6.07, 6.45) is 8.04. The number of carboxylic acid groups (broad SMARTS) is 1. The number of rotatable bonds is 6. The van der Waals surface area contributed by atoms with E-state index in [0.717, 1.165) is 12.8 Å². The van der Waals surface area contributed by atoms with Crippen LogP contribution >= 0.6 is 0 Å². The van der Waals surface area contributed by atoms with Crippen molar-refractivity contribution in [1.82, 2.24) is 0 Å². The number of carboxylic acids is 1. The highest BCUT2D eigenvalue weighted by Gasteiger charge is 2.44. The molecule has 2 saturated carbocycles. The molecule has 0 unspecified atom stereocenters. The van der Waals surface area contributed by atoms with Crippen LogP contribution in [0.5, 0.6) is 0 Å². The van der Waals surface area contributed by atoms with Gasteiger partial charge in [-0.05, 0) is 24.8 Å². The molecule has 0 bridgehead atoms. The molecule has 0 spiro atoms. The molecule has 0 heterocycles. The second kappa shape index (κ2) is 7.97. The summed E-state index contributed by atoms with van der Waals surface area (Å²) < 4.78 is 0. The average molecular weight is 312 g/mol. The van der Waals surface area contributed by atoms with Crippen molar-refractivity contribution in [2.24, 2.45) is 17.8 Å². The first-order valence-corrected chi connectivity index (χ1v) is 8.46. The fourth-order valence-corrected chi connectivity index (χ4v) is 4.05. The van der Waals surface area contributed by atoms with E-state index in [1.165, 1.54) is 32.1 Å². The molecule has 2 aliphatic rings. The highest BCUT2D eigenvalue weighted by atomic mass is 16.4. The largest absolute Gasteiger partial charge is 0.512 e. The van der Waals surface area contributed by atoms with Gasteiger partial charge in [0.25, 0.3) is 0 Å². The smallest absolute Gasteiger partial charge is 0.303 e. The molecule has 0 saturated heterocycles. The van der Waals surface area contributed by atoms with Gasteiger partial charge in [-0.25, -0.2) is 0 Å². The second-order valence-electron chi connectivity index (χ2n) is 6.87. The lowest BCUT2D eigenvalue weighted by atomic mass is 9.85. The Morgan fingerprint density at radius 1 is 1.05 bits per heavy atom. The molecule has 5 nitrogen and oxygen atoms in total. The molecule has 5 heteroatoms. The quantitative estimate of drug-likeness (QED) is 0.565. The van der Waals surface area contributed by atoms with Crippen molar-refractivity contribution >= 4 is 5.97 Å². The SMILES string of the molecule is O=C(O)C[C@@H]1[C@@H](C(O)=CCCC2CCCCC2)[C@@H](O)C[C@@H]1O. The summed E-state index contributed by atoms with van der Waals surface area (Å²) in [5.41, 5.74) is 0. The van der Waals surface area contributed by atoms with Crippen LogP contribution in [0.3, 0.4) is 0 Å². The highest BCUT2D eigenvalue weighted by molar-refractivity contribution is 5.67. The number of aliphatic carboxylic acids is 1. The standard InChI is InChI=1S/C17H28O5/c18-13(8-4-7-11-5-2-1-3-6-11)17-12(9-16(21)22)14(19)10-15(17)20/h8,11-12,14-15,17-20H,1-7,9-10H2,(H,21,22)/t12-,14-,15-,17-/m0/s1. The van der Waals surface area contributed by atoms with Crippen LogP contribution in [0.15, 0.2) is 11.8 Å². The minimum absolute atomic E-state index is 0.0473. The van der Waals surface area contributed by atoms with Gasteiger partial charge in [-0.3, -0.25) is 4.79 Å². The van der Waals surface area contributed by atoms with Gasteiger partial charge in [0.2, 0.25) is 0 Å². The second-order valence-corrected chi connectivity index (χ2v) is 6.87. The topological polar surface area (TPSA) is 98.0 Å². The van der Waals surface area contributed by atoms with Crippen molar-refractivity contribution in [2.45, 2.75) is 70.0 Å². The zero-order chi connectivity index (χ0) is 16.1. The van der Waals surface area contributed by atoms with Crippen LogP contribution in [0, 0.1) is 17.8 Å². The van der Waals surface area contributed by atoms with Crippen molar-refractivity contribution in [2.75, 3.05) is 0 Å². The fraction of sp³-hybridized carbons (Fsp3) is 0.824. The Bertz CT molecular complexity index is 400. The first-order valence-electron chi connectivity index (χ1n) is 8.46. The molecule has 0 aromatic rings. The molecule has 126 valence electrons. The Kier molecular flexibility index (Phi) is 6.26. The lowest BCUT2D eigenvalue weighted by molar-refractivity contribution is -0.139. The zero-order valence-corrected chi connectivity index (χ0v) is 13.0. The molecular weight excluding hydrogens is 284 g/mol. The van der Waals surface area contributed by atoms with Crippen molar-refractivity contribution in [3.8, 4) is 0 Å². The van der Waals surface area contributed by atoms with Crippen LogP contribution in [-0.4, -0.2) is 38.6 Å². The summed E-state index contributed by atoms with van der Waals surface area (Å²) in [5, 5.41) is 39.1. The van der Waals surface area contributed by atoms with E-state index in [0.29, 0.717) is 5.92 Å². The number of carbonyl (C=O) groups is 1. The molecule has 0 aliphatic heterocycles. The number of aliphatic hydroxyl groups excluding tert-OH is 3. The summed E-state index contributed by atoms with van der Waals surface area (Å²) in [6.45, 7) is 0. The van der Waals surface area contributed by atoms with Gasteiger partial charge < -0.3 is 20.4 Å². The number of hydrogen-bond donors (Lipinski definition) is 4. The van der Waals surface area contributed by atoms with E-state index >= 15 is 0 Å². The molecule has 2 aliphatic carbocycles. The third-order valence-corrected chi connectivity index (χ3v) is 5.26. The Hall–Kier alpha value is -1.07. The molecule has 0 aromatic heterocycles. The normalized spacial score (nSPS) is 34.0. The first-order chi connectivity index (χ1) is 10.5. The van der Waals surface area contributed by atoms with E-state index in [1.54, 1.807) is 6.08 Å². The Labute approximate surface area is 131 Å². The van der Waals surface area contributed by atoms with Gasteiger partial charge in [-0.1, -0.05) is 32.1 Å². The predicted octanol–water partition coefficient (Wildman–Crippen LogP) is 2.62. The number of aliphatic hydroxyl groups is 3. The lowest BCUT2D eigenvalue weighted by Crippen LogP contribution is -2.26. The molecule has 0 aromatic carbocycles. The van der Waals surface area contributed by atoms with Crippen molar-refractivity contribution in [1.29, 1.82) is 0 Å². The van der Waals surface area contributed by atoms with E-state index < -0.39 is 30.0 Å². The van der Waals surface area contributed by atoms with Crippen molar-refractivity contribution < 1.29 is 25.2 Å². The van der Waals surface area contributed by atoms with E-state index in [2.05, 4.69) is 0 Å². The van der Waals surface area contributed by atoms with E-state index in [-0.39, 0.29) is 18.6 Å².